The molecule has 0 saturated carbocycles. The van der Waals surface area contributed by atoms with E-state index in [1.54, 1.807) is 6.20 Å². The first-order chi connectivity index (χ1) is 14.3. The van der Waals surface area contributed by atoms with Crippen LogP contribution in [0, 0.1) is 12.7 Å². The zero-order chi connectivity index (χ0) is 21.4. The van der Waals surface area contributed by atoms with Gasteiger partial charge in [0.1, 0.15) is 11.4 Å². The first-order valence-electron chi connectivity index (χ1n) is 9.64. The predicted molar refractivity (Wildman–Crippen MR) is 103 cm³/mol. The highest BCUT2D eigenvalue weighted by molar-refractivity contribution is 5.98. The van der Waals surface area contributed by atoms with E-state index in [4.69, 9.17) is 9.47 Å². The summed E-state index contributed by atoms with van der Waals surface area (Å²) < 4.78 is 53.1. The van der Waals surface area contributed by atoms with Gasteiger partial charge in [0.25, 0.3) is 0 Å². The highest BCUT2D eigenvalue weighted by atomic mass is 19.3. The molecule has 2 aromatic rings. The van der Waals surface area contributed by atoms with E-state index in [1.165, 1.54) is 12.1 Å². The summed E-state index contributed by atoms with van der Waals surface area (Å²) in [5.41, 5.74) is 0.567. The molecule has 2 aliphatic rings. The van der Waals surface area contributed by atoms with Gasteiger partial charge in [0.2, 0.25) is 0 Å². The second-order valence-electron chi connectivity index (χ2n) is 7.76. The summed E-state index contributed by atoms with van der Waals surface area (Å²) in [5, 5.41) is 0. The van der Waals surface area contributed by atoms with E-state index in [0.29, 0.717) is 19.7 Å². The summed E-state index contributed by atoms with van der Waals surface area (Å²) in [5.74, 6) is -1.99. The van der Waals surface area contributed by atoms with Crippen molar-refractivity contribution in [1.29, 1.82) is 0 Å². The van der Waals surface area contributed by atoms with Crippen LogP contribution in [0.15, 0.2) is 42.6 Å². The maximum absolute atomic E-state index is 14.6. The minimum Gasteiger partial charge on any atom is -0.377 e. The van der Waals surface area contributed by atoms with Crippen LogP contribution in [0.2, 0.25) is 0 Å². The Balaban J connectivity index is 1.60. The molecule has 160 valence electrons. The number of hydrogen-bond donors (Lipinski definition) is 0. The quantitative estimate of drug-likeness (QED) is 0.763. The van der Waals surface area contributed by atoms with Crippen molar-refractivity contribution in [3.8, 4) is 0 Å². The number of amides is 1. The molecule has 1 spiro atoms. The lowest BCUT2D eigenvalue weighted by molar-refractivity contribution is -0.294. The van der Waals surface area contributed by atoms with Crippen LogP contribution in [0.3, 0.4) is 0 Å². The fourth-order valence-corrected chi connectivity index (χ4v) is 3.79. The van der Waals surface area contributed by atoms with Gasteiger partial charge in [0.15, 0.2) is 0 Å². The molecule has 0 N–H and O–H groups in total. The molecule has 1 atom stereocenters. The average molecular weight is 421 g/mol. The summed E-state index contributed by atoms with van der Waals surface area (Å²) in [7, 11) is 0. The standard InChI is InChI=1S/C21H22F3N3O3/c1-15-2-5-17(25-10-15)11-26-8-9-29-14-20(12-26)13-27(19(28)21(23,24)30-20)18-6-3-16(22)4-7-18/h2-7,10H,8-9,11-14H2,1H3. The first kappa shape index (κ1) is 20.8. The van der Waals surface area contributed by atoms with Gasteiger partial charge in [-0.3, -0.25) is 14.7 Å². The molecule has 1 unspecified atom stereocenters. The number of ether oxygens (including phenoxy) is 2. The molecule has 9 heteroatoms. The number of alkyl halides is 2. The summed E-state index contributed by atoms with van der Waals surface area (Å²) in [6, 6.07) is 8.68. The minimum atomic E-state index is -4.02. The number of aromatic nitrogens is 1. The van der Waals surface area contributed by atoms with Crippen molar-refractivity contribution in [2.75, 3.05) is 37.7 Å². The number of hydrogen-bond acceptors (Lipinski definition) is 5. The van der Waals surface area contributed by atoms with E-state index in [9.17, 15) is 18.0 Å². The van der Waals surface area contributed by atoms with E-state index in [-0.39, 0.29) is 25.4 Å². The molecule has 1 aromatic carbocycles. The van der Waals surface area contributed by atoms with Crippen LogP contribution < -0.4 is 4.90 Å². The Morgan fingerprint density at radius 1 is 1.13 bits per heavy atom. The fraction of sp³-hybridized carbons (Fsp3) is 0.429. The Hall–Kier alpha value is -2.49. The third kappa shape index (κ3) is 4.33. The Morgan fingerprint density at radius 2 is 1.90 bits per heavy atom. The van der Waals surface area contributed by atoms with Crippen LogP contribution in [0.4, 0.5) is 18.9 Å². The summed E-state index contributed by atoms with van der Waals surface area (Å²) in [6.07, 6.45) is -2.27. The monoisotopic (exact) mass is 421 g/mol. The van der Waals surface area contributed by atoms with Gasteiger partial charge in [0, 0.05) is 31.5 Å². The number of morpholine rings is 1. The van der Waals surface area contributed by atoms with Gasteiger partial charge in [-0.1, -0.05) is 6.07 Å². The summed E-state index contributed by atoms with van der Waals surface area (Å²) in [4.78, 5) is 19.6. The van der Waals surface area contributed by atoms with Gasteiger partial charge in [-0.2, -0.15) is 8.78 Å². The van der Waals surface area contributed by atoms with Crippen LogP contribution in [0.25, 0.3) is 0 Å². The Kier molecular flexibility index (Phi) is 5.52. The molecule has 1 amide bonds. The number of carbonyl (C=O) groups is 1. The number of nitrogens with zero attached hydrogens (tertiary/aromatic N) is 3. The van der Waals surface area contributed by atoms with Gasteiger partial charge in [-0.25, -0.2) is 4.39 Å². The van der Waals surface area contributed by atoms with Crippen molar-refractivity contribution in [2.45, 2.75) is 25.2 Å². The predicted octanol–water partition coefficient (Wildman–Crippen LogP) is 2.76. The topological polar surface area (TPSA) is 54.9 Å². The molecular formula is C21H22F3N3O3. The number of benzene rings is 1. The van der Waals surface area contributed by atoms with Crippen LogP contribution >= 0.6 is 0 Å². The molecule has 1 aromatic heterocycles. The van der Waals surface area contributed by atoms with Crippen molar-refractivity contribution in [3.05, 3.63) is 59.7 Å². The Morgan fingerprint density at radius 3 is 2.60 bits per heavy atom. The highest BCUT2D eigenvalue weighted by Crippen LogP contribution is 2.37. The van der Waals surface area contributed by atoms with Gasteiger partial charge in [-0.05, 0) is 42.8 Å². The van der Waals surface area contributed by atoms with Crippen LogP contribution in [-0.4, -0.2) is 60.3 Å². The van der Waals surface area contributed by atoms with Crippen molar-refractivity contribution in [2.24, 2.45) is 0 Å². The van der Waals surface area contributed by atoms with E-state index < -0.39 is 23.4 Å². The lowest BCUT2D eigenvalue weighted by Crippen LogP contribution is -2.66. The third-order valence-corrected chi connectivity index (χ3v) is 5.21. The molecule has 30 heavy (non-hydrogen) atoms. The third-order valence-electron chi connectivity index (χ3n) is 5.21. The number of aryl methyl sites for hydroxylation is 1. The number of anilines is 1. The number of halogens is 3. The maximum atomic E-state index is 14.6. The van der Waals surface area contributed by atoms with Gasteiger partial charge in [-0.15, -0.1) is 0 Å². The lowest BCUT2D eigenvalue weighted by Gasteiger charge is -2.45. The zero-order valence-electron chi connectivity index (χ0n) is 16.5. The van der Waals surface area contributed by atoms with Crippen LogP contribution in [0.1, 0.15) is 11.3 Å². The smallest absolute Gasteiger partial charge is 0.377 e. The van der Waals surface area contributed by atoms with E-state index in [2.05, 4.69) is 4.98 Å². The van der Waals surface area contributed by atoms with Crippen molar-refractivity contribution < 1.29 is 27.4 Å². The summed E-state index contributed by atoms with van der Waals surface area (Å²) in [6.45, 7) is 3.12. The maximum Gasteiger partial charge on any atom is 0.437 e. The summed E-state index contributed by atoms with van der Waals surface area (Å²) >= 11 is 0. The SMILES string of the molecule is Cc1ccc(CN2CCOCC3(C2)CN(c2ccc(F)cc2)C(=O)C(F)(F)O3)nc1. The molecule has 0 aliphatic carbocycles. The first-order valence-corrected chi connectivity index (χ1v) is 9.64. The Labute approximate surface area is 172 Å². The highest BCUT2D eigenvalue weighted by Gasteiger charge is 2.58. The number of pyridine rings is 1. The molecular weight excluding hydrogens is 399 g/mol. The van der Waals surface area contributed by atoms with E-state index >= 15 is 0 Å². The molecule has 0 bridgehead atoms. The normalized spacial score (nSPS) is 24.8. The van der Waals surface area contributed by atoms with Crippen LogP contribution in [-0.2, 0) is 20.8 Å². The fourth-order valence-electron chi connectivity index (χ4n) is 3.79. The van der Waals surface area contributed by atoms with E-state index in [0.717, 1.165) is 28.3 Å². The van der Waals surface area contributed by atoms with Crippen molar-refractivity contribution in [1.82, 2.24) is 9.88 Å². The second kappa shape index (κ2) is 7.98. The van der Waals surface area contributed by atoms with Gasteiger partial charge in [0.05, 0.1) is 25.5 Å². The minimum absolute atomic E-state index is 0.0919. The van der Waals surface area contributed by atoms with Crippen molar-refractivity contribution in [3.63, 3.8) is 0 Å². The zero-order valence-corrected chi connectivity index (χ0v) is 16.5. The van der Waals surface area contributed by atoms with Gasteiger partial charge < -0.3 is 14.4 Å². The Bertz CT molecular complexity index is 908. The van der Waals surface area contributed by atoms with E-state index in [1.807, 2.05) is 24.0 Å². The van der Waals surface area contributed by atoms with Gasteiger partial charge >= 0.3 is 12.0 Å². The number of rotatable bonds is 3. The molecule has 0 radical (unpaired) electrons. The molecule has 2 fully saturated rings. The molecule has 4 rings (SSSR count). The van der Waals surface area contributed by atoms with Crippen molar-refractivity contribution >= 4 is 11.6 Å². The molecule has 6 nitrogen and oxygen atoms in total. The molecule has 3 heterocycles. The molecule has 2 saturated heterocycles. The average Bonchev–Trinajstić information content (AvgIpc) is 2.89. The molecule has 2 aliphatic heterocycles. The largest absolute Gasteiger partial charge is 0.437 e. The lowest BCUT2D eigenvalue weighted by atomic mass is 10.00. The van der Waals surface area contributed by atoms with Crippen LogP contribution in [0.5, 0.6) is 0 Å². The second-order valence-corrected chi connectivity index (χ2v) is 7.76. The number of carbonyl (C=O) groups excluding carboxylic acids is 1.